The topological polar surface area (TPSA) is 32.5 Å². The largest absolute Gasteiger partial charge is 0.370 e. The highest BCUT2D eigenvalue weighted by atomic mass is 15.3. The summed E-state index contributed by atoms with van der Waals surface area (Å²) in [4.78, 5) is 5.09. The van der Waals surface area contributed by atoms with E-state index in [-0.39, 0.29) is 6.04 Å². The predicted molar refractivity (Wildman–Crippen MR) is 87.2 cm³/mol. The van der Waals surface area contributed by atoms with E-state index in [9.17, 15) is 0 Å². The van der Waals surface area contributed by atoms with Crippen LogP contribution in [0.1, 0.15) is 45.2 Å². The fourth-order valence-electron chi connectivity index (χ4n) is 3.31. The normalized spacial score (nSPS) is 20.6. The van der Waals surface area contributed by atoms with E-state index in [1.807, 2.05) is 0 Å². The van der Waals surface area contributed by atoms with Crippen molar-refractivity contribution < 1.29 is 0 Å². The number of anilines is 1. The van der Waals surface area contributed by atoms with Gasteiger partial charge >= 0.3 is 0 Å². The van der Waals surface area contributed by atoms with Gasteiger partial charge in [0.2, 0.25) is 0 Å². The Morgan fingerprint density at radius 3 is 2.60 bits per heavy atom. The van der Waals surface area contributed by atoms with Gasteiger partial charge in [-0.25, -0.2) is 0 Å². The Morgan fingerprint density at radius 1 is 1.25 bits per heavy atom. The van der Waals surface area contributed by atoms with Crippen molar-refractivity contribution in [2.45, 2.75) is 45.7 Å². The maximum atomic E-state index is 6.27. The van der Waals surface area contributed by atoms with E-state index in [4.69, 9.17) is 5.73 Å². The quantitative estimate of drug-likeness (QED) is 0.866. The second-order valence-corrected chi connectivity index (χ2v) is 5.68. The summed E-state index contributed by atoms with van der Waals surface area (Å²) in [5, 5.41) is 0. The average molecular weight is 275 g/mol. The van der Waals surface area contributed by atoms with Crippen molar-refractivity contribution >= 4 is 5.69 Å². The van der Waals surface area contributed by atoms with Crippen LogP contribution in [-0.4, -0.2) is 37.1 Å². The van der Waals surface area contributed by atoms with Gasteiger partial charge in [-0.2, -0.15) is 0 Å². The molecule has 3 nitrogen and oxygen atoms in total. The number of para-hydroxylation sites is 1. The van der Waals surface area contributed by atoms with Gasteiger partial charge in [0.25, 0.3) is 0 Å². The molecule has 2 unspecified atom stereocenters. The van der Waals surface area contributed by atoms with Crippen LogP contribution in [-0.2, 0) is 0 Å². The fraction of sp³-hybridized carbons (Fsp3) is 0.647. The fourth-order valence-corrected chi connectivity index (χ4v) is 3.31. The van der Waals surface area contributed by atoms with Crippen LogP contribution in [0.4, 0.5) is 5.69 Å². The van der Waals surface area contributed by atoms with Gasteiger partial charge in [-0.1, -0.05) is 39.0 Å². The molecule has 0 bridgehead atoms. The standard InChI is InChI=1S/C17H29N3/c1-4-16(18)15-9-7-8-10-17(15)20-12-11-14(13-20)19(5-2)6-3/h7-10,14,16H,4-6,11-13,18H2,1-3H3. The van der Waals surface area contributed by atoms with E-state index in [1.165, 1.54) is 17.7 Å². The minimum atomic E-state index is 0.152. The number of nitrogens with two attached hydrogens (primary N) is 1. The zero-order valence-corrected chi connectivity index (χ0v) is 13.2. The first-order valence-corrected chi connectivity index (χ1v) is 8.04. The molecule has 20 heavy (non-hydrogen) atoms. The lowest BCUT2D eigenvalue weighted by Gasteiger charge is -2.28. The summed E-state index contributed by atoms with van der Waals surface area (Å²) in [7, 11) is 0. The summed E-state index contributed by atoms with van der Waals surface area (Å²) >= 11 is 0. The molecule has 1 saturated heterocycles. The maximum Gasteiger partial charge on any atom is 0.0415 e. The Balaban J connectivity index is 2.14. The van der Waals surface area contributed by atoms with E-state index in [0.29, 0.717) is 6.04 Å². The third-order valence-electron chi connectivity index (χ3n) is 4.61. The highest BCUT2D eigenvalue weighted by Gasteiger charge is 2.27. The summed E-state index contributed by atoms with van der Waals surface area (Å²) in [5.74, 6) is 0. The molecule has 2 rings (SSSR count). The van der Waals surface area contributed by atoms with Gasteiger partial charge in [-0.05, 0) is 37.6 Å². The molecule has 1 fully saturated rings. The van der Waals surface area contributed by atoms with Gasteiger partial charge in [0, 0.05) is 30.9 Å². The molecule has 112 valence electrons. The van der Waals surface area contributed by atoms with E-state index in [0.717, 1.165) is 32.6 Å². The summed E-state index contributed by atoms with van der Waals surface area (Å²) in [6, 6.07) is 9.50. The molecule has 0 saturated carbocycles. The molecule has 0 aromatic heterocycles. The van der Waals surface area contributed by atoms with Gasteiger partial charge < -0.3 is 10.6 Å². The Hall–Kier alpha value is -1.06. The summed E-state index contributed by atoms with van der Waals surface area (Å²) in [5.41, 5.74) is 8.92. The lowest BCUT2D eigenvalue weighted by atomic mass is 10.0. The number of benzene rings is 1. The zero-order valence-electron chi connectivity index (χ0n) is 13.2. The minimum absolute atomic E-state index is 0.152. The average Bonchev–Trinajstić information content (AvgIpc) is 2.97. The molecule has 1 aromatic carbocycles. The third-order valence-corrected chi connectivity index (χ3v) is 4.61. The smallest absolute Gasteiger partial charge is 0.0415 e. The molecule has 1 aromatic rings. The first-order valence-electron chi connectivity index (χ1n) is 8.04. The molecule has 2 atom stereocenters. The van der Waals surface area contributed by atoms with Crippen molar-refractivity contribution in [3.63, 3.8) is 0 Å². The summed E-state index contributed by atoms with van der Waals surface area (Å²) in [6.07, 6.45) is 2.25. The third kappa shape index (κ3) is 3.15. The van der Waals surface area contributed by atoms with Gasteiger partial charge in [-0.3, -0.25) is 4.90 Å². The van der Waals surface area contributed by atoms with Crippen LogP contribution in [0.25, 0.3) is 0 Å². The maximum absolute atomic E-state index is 6.27. The van der Waals surface area contributed by atoms with Crippen LogP contribution in [0.5, 0.6) is 0 Å². The number of likely N-dealkylation sites (N-methyl/N-ethyl adjacent to an activating group) is 1. The first kappa shape index (κ1) is 15.3. The van der Waals surface area contributed by atoms with Crippen molar-refractivity contribution in [3.8, 4) is 0 Å². The van der Waals surface area contributed by atoms with Crippen LogP contribution in [0.2, 0.25) is 0 Å². The van der Waals surface area contributed by atoms with Crippen molar-refractivity contribution in [2.75, 3.05) is 31.1 Å². The van der Waals surface area contributed by atoms with E-state index in [1.54, 1.807) is 0 Å². The highest BCUT2D eigenvalue weighted by Crippen LogP contribution is 2.30. The molecule has 1 heterocycles. The predicted octanol–water partition coefficient (Wildman–Crippen LogP) is 3.02. The van der Waals surface area contributed by atoms with E-state index >= 15 is 0 Å². The highest BCUT2D eigenvalue weighted by molar-refractivity contribution is 5.56. The molecule has 0 spiro atoms. The number of hydrogen-bond donors (Lipinski definition) is 1. The Labute approximate surface area is 123 Å². The van der Waals surface area contributed by atoms with Crippen LogP contribution in [0.3, 0.4) is 0 Å². The number of rotatable bonds is 6. The molecular weight excluding hydrogens is 246 g/mol. The Morgan fingerprint density at radius 2 is 1.95 bits per heavy atom. The van der Waals surface area contributed by atoms with Gasteiger partial charge in [0.05, 0.1) is 0 Å². The lowest BCUT2D eigenvalue weighted by molar-refractivity contribution is 0.232. The SMILES string of the molecule is CCC(N)c1ccccc1N1CCC(N(CC)CC)C1. The number of hydrogen-bond acceptors (Lipinski definition) is 3. The molecule has 0 amide bonds. The summed E-state index contributed by atoms with van der Waals surface area (Å²) in [6.45, 7) is 11.2. The molecule has 0 radical (unpaired) electrons. The second kappa shape index (κ2) is 7.09. The Kier molecular flexibility index (Phi) is 5.44. The van der Waals surface area contributed by atoms with Gasteiger partial charge in [0.1, 0.15) is 0 Å². The molecule has 1 aliphatic heterocycles. The second-order valence-electron chi connectivity index (χ2n) is 5.68. The molecule has 3 heteroatoms. The van der Waals surface area contributed by atoms with Gasteiger partial charge in [-0.15, -0.1) is 0 Å². The Bertz CT molecular complexity index is 414. The molecule has 0 aliphatic carbocycles. The lowest BCUT2D eigenvalue weighted by Crippen LogP contribution is -2.37. The van der Waals surface area contributed by atoms with Crippen molar-refractivity contribution in [1.82, 2.24) is 4.90 Å². The molecule has 2 N–H and O–H groups in total. The van der Waals surface area contributed by atoms with Crippen LogP contribution in [0.15, 0.2) is 24.3 Å². The summed E-state index contributed by atoms with van der Waals surface area (Å²) < 4.78 is 0. The monoisotopic (exact) mass is 275 g/mol. The van der Waals surface area contributed by atoms with Gasteiger partial charge in [0.15, 0.2) is 0 Å². The molecular formula is C17H29N3. The van der Waals surface area contributed by atoms with Crippen molar-refractivity contribution in [1.29, 1.82) is 0 Å². The zero-order chi connectivity index (χ0) is 14.5. The first-order chi connectivity index (χ1) is 9.71. The van der Waals surface area contributed by atoms with Crippen LogP contribution in [0, 0.1) is 0 Å². The number of nitrogens with zero attached hydrogens (tertiary/aromatic N) is 2. The van der Waals surface area contributed by atoms with E-state index < -0.39 is 0 Å². The van der Waals surface area contributed by atoms with E-state index in [2.05, 4.69) is 54.8 Å². The minimum Gasteiger partial charge on any atom is -0.370 e. The van der Waals surface area contributed by atoms with Crippen molar-refractivity contribution in [3.05, 3.63) is 29.8 Å². The van der Waals surface area contributed by atoms with Crippen molar-refractivity contribution in [2.24, 2.45) is 5.73 Å². The van der Waals surface area contributed by atoms with Crippen LogP contribution >= 0.6 is 0 Å². The van der Waals surface area contributed by atoms with Crippen LogP contribution < -0.4 is 10.6 Å². The molecule has 1 aliphatic rings.